The SMILES string of the molecule is C1CCc2c(oc3c2CCCC3)C1.CC.CC. The van der Waals surface area contributed by atoms with E-state index in [9.17, 15) is 0 Å². The molecule has 2 aliphatic rings. The van der Waals surface area contributed by atoms with Crippen molar-refractivity contribution in [3.8, 4) is 0 Å². The highest BCUT2D eigenvalue weighted by Gasteiger charge is 2.23. The average Bonchev–Trinajstić information content (AvgIpc) is 2.82. The average molecular weight is 236 g/mol. The molecule has 0 atom stereocenters. The molecular formula is C16H28O. The molecule has 0 aliphatic heterocycles. The first kappa shape index (κ1) is 14.3. The standard InChI is InChI=1S/C12H16O.2C2H6/c1-3-7-11-9(5-1)10-6-2-4-8-12(10)13-11;2*1-2/h1-8H2;2*1-2H3. The minimum atomic E-state index is 1.20. The van der Waals surface area contributed by atoms with Crippen LogP contribution >= 0.6 is 0 Å². The first-order chi connectivity index (χ1) is 8.45. The quantitative estimate of drug-likeness (QED) is 0.611. The van der Waals surface area contributed by atoms with E-state index in [1.54, 1.807) is 11.1 Å². The van der Waals surface area contributed by atoms with Crippen LogP contribution in [-0.2, 0) is 25.7 Å². The Morgan fingerprint density at radius 3 is 1.35 bits per heavy atom. The Bertz CT molecular complexity index is 292. The van der Waals surface area contributed by atoms with Gasteiger partial charge in [-0.05, 0) is 49.7 Å². The minimum absolute atomic E-state index is 1.20. The van der Waals surface area contributed by atoms with Crippen LogP contribution in [0, 0.1) is 0 Å². The van der Waals surface area contributed by atoms with Crippen molar-refractivity contribution < 1.29 is 4.42 Å². The van der Waals surface area contributed by atoms with Gasteiger partial charge in [-0.3, -0.25) is 0 Å². The lowest BCUT2D eigenvalue weighted by Crippen LogP contribution is -2.04. The van der Waals surface area contributed by atoms with Gasteiger partial charge in [-0.1, -0.05) is 27.7 Å². The highest BCUT2D eigenvalue weighted by atomic mass is 16.3. The Hall–Kier alpha value is -0.720. The fraction of sp³-hybridized carbons (Fsp3) is 0.750. The summed E-state index contributed by atoms with van der Waals surface area (Å²) in [7, 11) is 0. The summed E-state index contributed by atoms with van der Waals surface area (Å²) in [6.07, 6.45) is 10.4. The summed E-state index contributed by atoms with van der Waals surface area (Å²) >= 11 is 0. The van der Waals surface area contributed by atoms with Crippen LogP contribution in [0.15, 0.2) is 4.42 Å². The lowest BCUT2D eigenvalue weighted by atomic mass is 9.89. The van der Waals surface area contributed by atoms with Crippen LogP contribution in [-0.4, -0.2) is 0 Å². The third-order valence-electron chi connectivity index (χ3n) is 3.45. The topological polar surface area (TPSA) is 13.1 Å². The molecule has 1 heteroatoms. The second kappa shape index (κ2) is 7.58. The fourth-order valence-corrected chi connectivity index (χ4v) is 2.77. The molecule has 98 valence electrons. The molecule has 0 bridgehead atoms. The predicted molar refractivity (Wildman–Crippen MR) is 74.7 cm³/mol. The third-order valence-corrected chi connectivity index (χ3v) is 3.45. The maximum Gasteiger partial charge on any atom is 0.107 e. The third kappa shape index (κ3) is 3.14. The molecular weight excluding hydrogens is 208 g/mol. The number of rotatable bonds is 0. The predicted octanol–water partition coefficient (Wildman–Crippen LogP) is 5.09. The number of furan rings is 1. The van der Waals surface area contributed by atoms with Gasteiger partial charge >= 0.3 is 0 Å². The van der Waals surface area contributed by atoms with Crippen molar-refractivity contribution in [2.75, 3.05) is 0 Å². The van der Waals surface area contributed by atoms with E-state index in [0.29, 0.717) is 0 Å². The summed E-state index contributed by atoms with van der Waals surface area (Å²) in [5.74, 6) is 2.66. The molecule has 17 heavy (non-hydrogen) atoms. The van der Waals surface area contributed by atoms with Gasteiger partial charge in [-0.15, -0.1) is 0 Å². The van der Waals surface area contributed by atoms with Crippen molar-refractivity contribution in [3.05, 3.63) is 22.6 Å². The largest absolute Gasteiger partial charge is 0.466 e. The molecule has 1 aromatic rings. The van der Waals surface area contributed by atoms with Crippen LogP contribution in [0.1, 0.15) is 76.0 Å². The van der Waals surface area contributed by atoms with E-state index in [0.717, 1.165) is 0 Å². The molecule has 0 fully saturated rings. The lowest BCUT2D eigenvalue weighted by Gasteiger charge is -2.12. The molecule has 0 aromatic carbocycles. The molecule has 2 aliphatic carbocycles. The van der Waals surface area contributed by atoms with Crippen LogP contribution in [0.5, 0.6) is 0 Å². The van der Waals surface area contributed by atoms with Crippen LogP contribution < -0.4 is 0 Å². The van der Waals surface area contributed by atoms with Gasteiger partial charge in [0.15, 0.2) is 0 Å². The van der Waals surface area contributed by atoms with Gasteiger partial charge in [0.2, 0.25) is 0 Å². The Morgan fingerprint density at radius 2 is 0.941 bits per heavy atom. The molecule has 3 rings (SSSR count). The number of fused-ring (bicyclic) bond motifs is 3. The highest BCUT2D eigenvalue weighted by molar-refractivity contribution is 5.36. The van der Waals surface area contributed by atoms with E-state index in [2.05, 4.69) is 0 Å². The molecule has 0 saturated carbocycles. The summed E-state index contributed by atoms with van der Waals surface area (Å²) in [4.78, 5) is 0. The maximum atomic E-state index is 5.93. The van der Waals surface area contributed by atoms with Crippen LogP contribution in [0.3, 0.4) is 0 Å². The maximum absolute atomic E-state index is 5.93. The molecule has 1 heterocycles. The van der Waals surface area contributed by atoms with E-state index >= 15 is 0 Å². The molecule has 0 spiro atoms. The normalized spacial score (nSPS) is 16.7. The summed E-state index contributed by atoms with van der Waals surface area (Å²) in [6.45, 7) is 8.00. The Balaban J connectivity index is 0.000000330. The van der Waals surface area contributed by atoms with Gasteiger partial charge < -0.3 is 4.42 Å². The number of aryl methyl sites for hydroxylation is 2. The van der Waals surface area contributed by atoms with E-state index in [1.807, 2.05) is 27.7 Å². The highest BCUT2D eigenvalue weighted by Crippen LogP contribution is 2.34. The molecule has 1 aromatic heterocycles. The van der Waals surface area contributed by atoms with Gasteiger partial charge in [0.25, 0.3) is 0 Å². The fourth-order valence-electron chi connectivity index (χ4n) is 2.77. The molecule has 0 amide bonds. The number of hydrogen-bond acceptors (Lipinski definition) is 1. The van der Waals surface area contributed by atoms with E-state index in [-0.39, 0.29) is 0 Å². The monoisotopic (exact) mass is 236 g/mol. The molecule has 0 saturated heterocycles. The lowest BCUT2D eigenvalue weighted by molar-refractivity contribution is 0.430. The first-order valence-electron chi connectivity index (χ1n) is 7.57. The Morgan fingerprint density at radius 1 is 0.588 bits per heavy atom. The van der Waals surface area contributed by atoms with Gasteiger partial charge in [0.05, 0.1) is 0 Å². The van der Waals surface area contributed by atoms with Crippen LogP contribution in [0.25, 0.3) is 0 Å². The molecule has 0 N–H and O–H groups in total. The Labute approximate surface area is 107 Å². The van der Waals surface area contributed by atoms with Gasteiger partial charge in [0.1, 0.15) is 11.5 Å². The van der Waals surface area contributed by atoms with Gasteiger partial charge in [0, 0.05) is 12.8 Å². The zero-order valence-corrected chi connectivity index (χ0v) is 12.1. The van der Waals surface area contributed by atoms with Crippen molar-refractivity contribution in [3.63, 3.8) is 0 Å². The summed E-state index contributed by atoms with van der Waals surface area (Å²) < 4.78 is 5.93. The number of hydrogen-bond donors (Lipinski definition) is 0. The first-order valence-corrected chi connectivity index (χ1v) is 7.57. The smallest absolute Gasteiger partial charge is 0.107 e. The molecule has 0 unspecified atom stereocenters. The van der Waals surface area contributed by atoms with Crippen LogP contribution in [0.2, 0.25) is 0 Å². The second-order valence-electron chi connectivity index (χ2n) is 4.32. The minimum Gasteiger partial charge on any atom is -0.466 e. The van der Waals surface area contributed by atoms with Crippen LogP contribution in [0.4, 0.5) is 0 Å². The summed E-state index contributed by atoms with van der Waals surface area (Å²) in [5.41, 5.74) is 3.20. The zero-order chi connectivity index (χ0) is 12.7. The van der Waals surface area contributed by atoms with E-state index in [1.165, 1.54) is 62.9 Å². The van der Waals surface area contributed by atoms with E-state index < -0.39 is 0 Å². The van der Waals surface area contributed by atoms with Crippen molar-refractivity contribution in [1.82, 2.24) is 0 Å². The van der Waals surface area contributed by atoms with Crippen molar-refractivity contribution in [2.24, 2.45) is 0 Å². The van der Waals surface area contributed by atoms with Crippen molar-refractivity contribution in [1.29, 1.82) is 0 Å². The zero-order valence-electron chi connectivity index (χ0n) is 12.1. The van der Waals surface area contributed by atoms with Crippen molar-refractivity contribution in [2.45, 2.75) is 79.1 Å². The van der Waals surface area contributed by atoms with Gasteiger partial charge in [-0.2, -0.15) is 0 Å². The summed E-state index contributed by atoms with van der Waals surface area (Å²) in [6, 6.07) is 0. The second-order valence-corrected chi connectivity index (χ2v) is 4.32. The van der Waals surface area contributed by atoms with Gasteiger partial charge in [-0.25, -0.2) is 0 Å². The van der Waals surface area contributed by atoms with E-state index in [4.69, 9.17) is 4.42 Å². The summed E-state index contributed by atoms with van der Waals surface area (Å²) in [5, 5.41) is 0. The van der Waals surface area contributed by atoms with Crippen molar-refractivity contribution >= 4 is 0 Å². The Kier molecular flexibility index (Phi) is 6.39. The molecule has 0 radical (unpaired) electrons. The molecule has 1 nitrogen and oxygen atoms in total.